The van der Waals surface area contributed by atoms with Crippen LogP contribution in [0.15, 0.2) is 60.9 Å². The van der Waals surface area contributed by atoms with Gasteiger partial charge in [0.1, 0.15) is 24.0 Å². The Hall–Kier alpha value is -3.81. The molecule has 8 heteroatoms. The molecule has 0 spiro atoms. The quantitative estimate of drug-likeness (QED) is 0.268. The van der Waals surface area contributed by atoms with Crippen LogP contribution in [0.5, 0.6) is 5.75 Å². The van der Waals surface area contributed by atoms with Gasteiger partial charge in [-0.15, -0.1) is 0 Å². The van der Waals surface area contributed by atoms with Crippen molar-refractivity contribution in [3.63, 3.8) is 0 Å². The van der Waals surface area contributed by atoms with Crippen molar-refractivity contribution in [1.82, 2.24) is 9.78 Å². The molecule has 0 radical (unpaired) electrons. The van der Waals surface area contributed by atoms with Crippen molar-refractivity contribution in [2.45, 2.75) is 6.54 Å². The minimum absolute atomic E-state index is 0.0973. The van der Waals surface area contributed by atoms with Crippen LogP contribution in [0.3, 0.4) is 0 Å². The summed E-state index contributed by atoms with van der Waals surface area (Å²) in [6, 6.07) is 10.6. The molecule has 0 aliphatic rings. The fourth-order valence-corrected chi connectivity index (χ4v) is 2.62. The van der Waals surface area contributed by atoms with E-state index < -0.39 is 10.7 Å². The molecule has 0 N–H and O–H groups in total. The average molecular weight is 381 g/mol. The lowest BCUT2D eigenvalue weighted by Crippen LogP contribution is -2.02. The highest BCUT2D eigenvalue weighted by Gasteiger charge is 2.11. The van der Waals surface area contributed by atoms with E-state index in [0.717, 1.165) is 11.1 Å². The number of methoxy groups -OCH3 is 1. The summed E-state index contributed by atoms with van der Waals surface area (Å²) in [5.74, 6) is -0.0561. The molecule has 2 aromatic carbocycles. The van der Waals surface area contributed by atoms with Gasteiger partial charge in [-0.2, -0.15) is 5.10 Å². The van der Waals surface area contributed by atoms with E-state index in [2.05, 4.69) is 5.10 Å². The van der Waals surface area contributed by atoms with Crippen LogP contribution < -0.4 is 4.74 Å². The summed E-state index contributed by atoms with van der Waals surface area (Å²) in [5, 5.41) is 14.8. The van der Waals surface area contributed by atoms with Crippen LogP contribution >= 0.6 is 0 Å². The number of aromatic nitrogens is 2. The summed E-state index contributed by atoms with van der Waals surface area (Å²) in [5.41, 5.74) is 1.78. The highest BCUT2D eigenvalue weighted by atomic mass is 19.1. The Bertz CT molecular complexity index is 1040. The zero-order valence-corrected chi connectivity index (χ0v) is 14.9. The fourth-order valence-electron chi connectivity index (χ4n) is 2.62. The van der Waals surface area contributed by atoms with Crippen LogP contribution in [0.2, 0.25) is 0 Å². The Morgan fingerprint density at radius 3 is 2.68 bits per heavy atom. The molecule has 0 unspecified atom stereocenters. The van der Waals surface area contributed by atoms with Gasteiger partial charge in [-0.25, -0.2) is 4.39 Å². The van der Waals surface area contributed by atoms with Crippen molar-refractivity contribution in [2.75, 3.05) is 7.11 Å². The average Bonchev–Trinajstić information content (AvgIpc) is 3.16. The standard InChI is InChI=1S/C20H16FN3O4/c1-28-20-9-3-14(2-8-19(25)15-4-6-17(21)7-5-15)10-16(20)12-23-13-18(11-22-23)24(26)27/h2-11,13H,12H2,1H3/b8-2+. The summed E-state index contributed by atoms with van der Waals surface area (Å²) in [6.07, 6.45) is 5.55. The number of ether oxygens (including phenoxy) is 1. The molecule has 0 aliphatic heterocycles. The SMILES string of the molecule is COc1ccc(/C=C/C(=O)c2ccc(F)cc2)cc1Cn1cc([N+](=O)[O-])cn1. The van der Waals surface area contributed by atoms with E-state index >= 15 is 0 Å². The minimum atomic E-state index is -0.513. The number of hydrogen-bond acceptors (Lipinski definition) is 5. The third kappa shape index (κ3) is 4.47. The molecule has 1 heterocycles. The monoisotopic (exact) mass is 381 g/mol. The van der Waals surface area contributed by atoms with Crippen LogP contribution in [-0.2, 0) is 6.54 Å². The normalized spacial score (nSPS) is 10.9. The van der Waals surface area contributed by atoms with Gasteiger partial charge in [0.15, 0.2) is 5.78 Å². The van der Waals surface area contributed by atoms with Gasteiger partial charge in [0.25, 0.3) is 0 Å². The number of halogens is 1. The van der Waals surface area contributed by atoms with Crippen LogP contribution in [-0.4, -0.2) is 27.6 Å². The van der Waals surface area contributed by atoms with Crippen molar-refractivity contribution in [2.24, 2.45) is 0 Å². The molecule has 28 heavy (non-hydrogen) atoms. The molecule has 3 rings (SSSR count). The molecule has 0 saturated carbocycles. The highest BCUT2D eigenvalue weighted by Crippen LogP contribution is 2.22. The predicted octanol–water partition coefficient (Wildman–Crippen LogP) is 3.88. The molecule has 1 aromatic heterocycles. The lowest BCUT2D eigenvalue weighted by molar-refractivity contribution is -0.385. The first kappa shape index (κ1) is 19.0. The van der Waals surface area contributed by atoms with E-state index in [9.17, 15) is 19.3 Å². The lowest BCUT2D eigenvalue weighted by atomic mass is 10.1. The van der Waals surface area contributed by atoms with Crippen molar-refractivity contribution < 1.29 is 18.8 Å². The van der Waals surface area contributed by atoms with Crippen molar-refractivity contribution in [3.05, 3.63) is 93.6 Å². The number of benzene rings is 2. The molecular weight excluding hydrogens is 365 g/mol. The van der Waals surface area contributed by atoms with Gasteiger partial charge in [-0.05, 0) is 48.0 Å². The molecule has 0 aliphatic carbocycles. The van der Waals surface area contributed by atoms with E-state index in [1.54, 1.807) is 24.3 Å². The smallest absolute Gasteiger partial charge is 0.307 e. The summed E-state index contributed by atoms with van der Waals surface area (Å²) < 4.78 is 19.7. The molecule has 0 atom stereocenters. The Morgan fingerprint density at radius 2 is 2.04 bits per heavy atom. The topological polar surface area (TPSA) is 87.3 Å². The van der Waals surface area contributed by atoms with E-state index in [1.807, 2.05) is 0 Å². The van der Waals surface area contributed by atoms with Gasteiger partial charge in [-0.3, -0.25) is 19.6 Å². The van der Waals surface area contributed by atoms with E-state index in [0.29, 0.717) is 11.3 Å². The molecule has 142 valence electrons. The fraction of sp³-hybridized carbons (Fsp3) is 0.100. The van der Waals surface area contributed by atoms with Crippen LogP contribution in [0.4, 0.5) is 10.1 Å². The summed E-state index contributed by atoms with van der Waals surface area (Å²) in [7, 11) is 1.53. The van der Waals surface area contributed by atoms with E-state index in [-0.39, 0.29) is 18.0 Å². The van der Waals surface area contributed by atoms with E-state index in [1.165, 1.54) is 54.5 Å². The molecule has 0 bridgehead atoms. The molecule has 0 fully saturated rings. The predicted molar refractivity (Wildman–Crippen MR) is 101 cm³/mol. The van der Waals surface area contributed by atoms with Gasteiger partial charge < -0.3 is 4.74 Å². The molecule has 0 amide bonds. The first-order valence-electron chi connectivity index (χ1n) is 8.28. The van der Waals surface area contributed by atoms with Crippen LogP contribution in [0.1, 0.15) is 21.5 Å². The Labute approximate surface area is 159 Å². The van der Waals surface area contributed by atoms with E-state index in [4.69, 9.17) is 4.74 Å². The maximum atomic E-state index is 13.0. The second kappa shape index (κ2) is 8.26. The van der Waals surface area contributed by atoms with Gasteiger partial charge in [-0.1, -0.05) is 12.1 Å². The highest BCUT2D eigenvalue weighted by molar-refractivity contribution is 6.06. The number of ketones is 1. The summed E-state index contributed by atoms with van der Waals surface area (Å²) >= 11 is 0. The third-order valence-corrected chi connectivity index (χ3v) is 4.02. The van der Waals surface area contributed by atoms with Crippen molar-refractivity contribution >= 4 is 17.5 Å². The second-order valence-corrected chi connectivity index (χ2v) is 5.93. The van der Waals surface area contributed by atoms with Crippen LogP contribution in [0.25, 0.3) is 6.08 Å². The van der Waals surface area contributed by atoms with Gasteiger partial charge in [0, 0.05) is 11.1 Å². The van der Waals surface area contributed by atoms with Crippen molar-refractivity contribution in [1.29, 1.82) is 0 Å². The largest absolute Gasteiger partial charge is 0.496 e. The molecule has 3 aromatic rings. The second-order valence-electron chi connectivity index (χ2n) is 5.93. The zero-order chi connectivity index (χ0) is 20.1. The lowest BCUT2D eigenvalue weighted by Gasteiger charge is -2.09. The zero-order valence-electron chi connectivity index (χ0n) is 14.9. The maximum absolute atomic E-state index is 13.0. The number of carbonyl (C=O) groups excluding carboxylic acids is 1. The Morgan fingerprint density at radius 1 is 1.29 bits per heavy atom. The number of hydrogen-bond donors (Lipinski definition) is 0. The summed E-state index contributed by atoms with van der Waals surface area (Å²) in [4.78, 5) is 22.5. The van der Waals surface area contributed by atoms with Crippen molar-refractivity contribution in [3.8, 4) is 5.75 Å². The van der Waals surface area contributed by atoms with Crippen LogP contribution in [0, 0.1) is 15.9 Å². The van der Waals surface area contributed by atoms with Gasteiger partial charge >= 0.3 is 5.69 Å². The number of nitrogens with zero attached hydrogens (tertiary/aromatic N) is 3. The number of carbonyl (C=O) groups is 1. The molecular formula is C20H16FN3O4. The number of rotatable bonds is 7. The molecule has 7 nitrogen and oxygen atoms in total. The van der Waals surface area contributed by atoms with Gasteiger partial charge in [0.2, 0.25) is 0 Å². The molecule has 0 saturated heterocycles. The Balaban J connectivity index is 1.80. The maximum Gasteiger partial charge on any atom is 0.307 e. The first-order chi connectivity index (χ1) is 13.5. The Kier molecular flexibility index (Phi) is 5.59. The van der Waals surface area contributed by atoms with Gasteiger partial charge in [0.05, 0.1) is 18.6 Å². The number of allylic oxidation sites excluding steroid dienone is 1. The number of nitro groups is 1. The first-order valence-corrected chi connectivity index (χ1v) is 8.28. The third-order valence-electron chi connectivity index (χ3n) is 4.02. The summed E-state index contributed by atoms with van der Waals surface area (Å²) in [6.45, 7) is 0.268. The minimum Gasteiger partial charge on any atom is -0.496 e.